The standard InChI is InChI=1S/C12H15FO2/c1-8-5-6-9(7-10(8)13)11(14)15-12(2,3)4/h5-7H,1-4H3. The second-order valence-corrected chi connectivity index (χ2v) is 4.47. The first kappa shape index (κ1) is 11.7. The van der Waals surface area contributed by atoms with Gasteiger partial charge in [-0.05, 0) is 45.4 Å². The monoisotopic (exact) mass is 210 g/mol. The highest BCUT2D eigenvalue weighted by molar-refractivity contribution is 5.89. The third-order valence-corrected chi connectivity index (χ3v) is 1.81. The number of ether oxygens (including phenoxy) is 1. The van der Waals surface area contributed by atoms with Crippen molar-refractivity contribution in [3.05, 3.63) is 35.1 Å². The number of hydrogen-bond acceptors (Lipinski definition) is 2. The van der Waals surface area contributed by atoms with Crippen LogP contribution in [0.15, 0.2) is 18.2 Å². The molecule has 0 saturated heterocycles. The quantitative estimate of drug-likeness (QED) is 0.666. The van der Waals surface area contributed by atoms with Gasteiger partial charge in [0.25, 0.3) is 0 Å². The van der Waals surface area contributed by atoms with Crippen molar-refractivity contribution < 1.29 is 13.9 Å². The van der Waals surface area contributed by atoms with Crippen LogP contribution < -0.4 is 0 Å². The smallest absolute Gasteiger partial charge is 0.338 e. The van der Waals surface area contributed by atoms with Crippen LogP contribution in [-0.4, -0.2) is 11.6 Å². The molecule has 0 amide bonds. The normalized spacial score (nSPS) is 11.3. The molecule has 1 rings (SSSR count). The van der Waals surface area contributed by atoms with Crippen molar-refractivity contribution in [2.75, 3.05) is 0 Å². The highest BCUT2D eigenvalue weighted by Gasteiger charge is 2.18. The van der Waals surface area contributed by atoms with Crippen LogP contribution in [0.4, 0.5) is 4.39 Å². The lowest BCUT2D eigenvalue weighted by atomic mass is 10.1. The SMILES string of the molecule is Cc1ccc(C(=O)OC(C)(C)C)cc1F. The van der Waals surface area contributed by atoms with Gasteiger partial charge in [0, 0.05) is 0 Å². The van der Waals surface area contributed by atoms with Crippen LogP contribution in [0.3, 0.4) is 0 Å². The Kier molecular flexibility index (Phi) is 3.12. The summed E-state index contributed by atoms with van der Waals surface area (Å²) in [5, 5.41) is 0. The molecule has 2 nitrogen and oxygen atoms in total. The summed E-state index contributed by atoms with van der Waals surface area (Å²) in [6.07, 6.45) is 0. The molecule has 0 N–H and O–H groups in total. The highest BCUT2D eigenvalue weighted by Crippen LogP contribution is 2.14. The van der Waals surface area contributed by atoms with E-state index in [1.807, 2.05) is 0 Å². The molecule has 0 aliphatic carbocycles. The van der Waals surface area contributed by atoms with Gasteiger partial charge < -0.3 is 4.74 Å². The second-order valence-electron chi connectivity index (χ2n) is 4.47. The van der Waals surface area contributed by atoms with E-state index in [2.05, 4.69) is 0 Å². The van der Waals surface area contributed by atoms with E-state index >= 15 is 0 Å². The van der Waals surface area contributed by atoms with E-state index in [1.165, 1.54) is 6.07 Å². The molecule has 0 heterocycles. The first-order valence-electron chi connectivity index (χ1n) is 4.79. The Balaban J connectivity index is 2.88. The van der Waals surface area contributed by atoms with Gasteiger partial charge in [0.2, 0.25) is 0 Å². The molecule has 15 heavy (non-hydrogen) atoms. The van der Waals surface area contributed by atoms with Crippen LogP contribution in [0.1, 0.15) is 36.7 Å². The number of rotatable bonds is 1. The second kappa shape index (κ2) is 4.01. The molecule has 0 aliphatic heterocycles. The Bertz CT molecular complexity index is 378. The Labute approximate surface area is 89.1 Å². The first-order valence-corrected chi connectivity index (χ1v) is 4.79. The van der Waals surface area contributed by atoms with Gasteiger partial charge >= 0.3 is 5.97 Å². The van der Waals surface area contributed by atoms with E-state index in [9.17, 15) is 9.18 Å². The summed E-state index contributed by atoms with van der Waals surface area (Å²) in [5.41, 5.74) is 0.202. The van der Waals surface area contributed by atoms with Gasteiger partial charge in [-0.2, -0.15) is 0 Å². The minimum Gasteiger partial charge on any atom is -0.456 e. The molecule has 0 spiro atoms. The molecular formula is C12H15FO2. The molecule has 0 fully saturated rings. The maximum Gasteiger partial charge on any atom is 0.338 e. The molecule has 0 radical (unpaired) electrons. The number of halogens is 1. The van der Waals surface area contributed by atoms with E-state index in [4.69, 9.17) is 4.74 Å². The average Bonchev–Trinajstić information content (AvgIpc) is 2.06. The minimum atomic E-state index is -0.557. The van der Waals surface area contributed by atoms with Crippen molar-refractivity contribution in [1.29, 1.82) is 0 Å². The van der Waals surface area contributed by atoms with Gasteiger partial charge in [-0.25, -0.2) is 9.18 Å². The lowest BCUT2D eigenvalue weighted by molar-refractivity contribution is 0.00690. The maximum absolute atomic E-state index is 13.2. The van der Waals surface area contributed by atoms with Gasteiger partial charge in [-0.1, -0.05) is 6.07 Å². The average molecular weight is 210 g/mol. The van der Waals surface area contributed by atoms with E-state index in [1.54, 1.807) is 39.8 Å². The maximum atomic E-state index is 13.2. The zero-order chi connectivity index (χ0) is 11.6. The predicted molar refractivity (Wildman–Crippen MR) is 56.3 cm³/mol. The summed E-state index contributed by atoms with van der Waals surface area (Å²) in [6.45, 7) is 6.97. The van der Waals surface area contributed by atoms with Gasteiger partial charge in [-0.15, -0.1) is 0 Å². The molecule has 0 atom stereocenters. The lowest BCUT2D eigenvalue weighted by Gasteiger charge is -2.19. The summed E-state index contributed by atoms with van der Waals surface area (Å²) < 4.78 is 18.3. The van der Waals surface area contributed by atoms with Gasteiger partial charge in [0.1, 0.15) is 11.4 Å². The van der Waals surface area contributed by atoms with Gasteiger partial charge in [0.15, 0.2) is 0 Å². The molecule has 0 saturated carbocycles. The van der Waals surface area contributed by atoms with Crippen LogP contribution in [-0.2, 0) is 4.74 Å². The summed E-state index contributed by atoms with van der Waals surface area (Å²) >= 11 is 0. The highest BCUT2D eigenvalue weighted by atomic mass is 19.1. The fourth-order valence-electron chi connectivity index (χ4n) is 1.06. The number of aryl methyl sites for hydroxylation is 1. The zero-order valence-electron chi connectivity index (χ0n) is 9.43. The molecule has 0 aliphatic rings. The Morgan fingerprint density at radius 3 is 2.40 bits per heavy atom. The van der Waals surface area contributed by atoms with Crippen molar-refractivity contribution in [2.45, 2.75) is 33.3 Å². The summed E-state index contributed by atoms with van der Waals surface area (Å²) in [7, 11) is 0. The van der Waals surface area contributed by atoms with Crippen molar-refractivity contribution in [3.8, 4) is 0 Å². The third-order valence-electron chi connectivity index (χ3n) is 1.81. The zero-order valence-corrected chi connectivity index (χ0v) is 9.43. The number of benzene rings is 1. The summed E-state index contributed by atoms with van der Waals surface area (Å²) in [4.78, 5) is 11.5. The molecule has 1 aromatic rings. The molecule has 0 unspecified atom stereocenters. The van der Waals surface area contributed by atoms with E-state index < -0.39 is 17.4 Å². The first-order chi connectivity index (χ1) is 6.79. The summed E-state index contributed by atoms with van der Waals surface area (Å²) in [5.74, 6) is -0.889. The van der Waals surface area contributed by atoms with Crippen LogP contribution >= 0.6 is 0 Å². The third kappa shape index (κ3) is 3.35. The van der Waals surface area contributed by atoms with Crippen LogP contribution in [0, 0.1) is 12.7 Å². The van der Waals surface area contributed by atoms with Crippen molar-refractivity contribution in [2.24, 2.45) is 0 Å². The predicted octanol–water partition coefficient (Wildman–Crippen LogP) is 3.09. The number of carbonyl (C=O) groups is 1. The fraction of sp³-hybridized carbons (Fsp3) is 0.417. The Hall–Kier alpha value is -1.38. The molecular weight excluding hydrogens is 195 g/mol. The molecule has 0 bridgehead atoms. The van der Waals surface area contributed by atoms with Gasteiger partial charge in [0.05, 0.1) is 5.56 Å². The number of hydrogen-bond donors (Lipinski definition) is 0. The van der Waals surface area contributed by atoms with Gasteiger partial charge in [-0.3, -0.25) is 0 Å². The topological polar surface area (TPSA) is 26.3 Å². The Morgan fingerprint density at radius 1 is 1.33 bits per heavy atom. The molecule has 3 heteroatoms. The van der Waals surface area contributed by atoms with E-state index in [0.717, 1.165) is 0 Å². The minimum absolute atomic E-state index is 0.244. The van der Waals surface area contributed by atoms with E-state index in [-0.39, 0.29) is 5.56 Å². The van der Waals surface area contributed by atoms with Crippen molar-refractivity contribution in [1.82, 2.24) is 0 Å². The van der Waals surface area contributed by atoms with Crippen LogP contribution in [0.25, 0.3) is 0 Å². The van der Waals surface area contributed by atoms with Crippen molar-refractivity contribution in [3.63, 3.8) is 0 Å². The fourth-order valence-corrected chi connectivity index (χ4v) is 1.06. The van der Waals surface area contributed by atoms with Crippen molar-refractivity contribution >= 4 is 5.97 Å². The number of carbonyl (C=O) groups excluding carboxylic acids is 1. The van der Waals surface area contributed by atoms with Crippen LogP contribution in [0.2, 0.25) is 0 Å². The number of esters is 1. The largest absolute Gasteiger partial charge is 0.456 e. The molecule has 1 aromatic carbocycles. The molecule has 82 valence electrons. The van der Waals surface area contributed by atoms with E-state index in [0.29, 0.717) is 5.56 Å². The molecule has 0 aromatic heterocycles. The van der Waals surface area contributed by atoms with Crippen LogP contribution in [0.5, 0.6) is 0 Å². The Morgan fingerprint density at radius 2 is 1.93 bits per heavy atom. The lowest BCUT2D eigenvalue weighted by Crippen LogP contribution is -2.23. The summed E-state index contributed by atoms with van der Waals surface area (Å²) in [6, 6.07) is 4.32.